The van der Waals surface area contributed by atoms with Gasteiger partial charge in [0, 0.05) is 11.1 Å². The fourth-order valence-corrected chi connectivity index (χ4v) is 2.33. The smallest absolute Gasteiger partial charge is 0.332 e. The van der Waals surface area contributed by atoms with Crippen LogP contribution in [-0.4, -0.2) is 29.9 Å². The molecule has 1 saturated heterocycles. The highest BCUT2D eigenvalue weighted by atomic mass is 35.5. The molecule has 22 heavy (non-hydrogen) atoms. The van der Waals surface area contributed by atoms with E-state index in [-0.39, 0.29) is 11.5 Å². The number of carbonyl (C=O) groups is 2. The first-order valence-corrected chi connectivity index (χ1v) is 7.52. The highest BCUT2D eigenvalue weighted by Gasteiger charge is 2.25. The van der Waals surface area contributed by atoms with Crippen LogP contribution in [-0.2, 0) is 14.3 Å². The average molecular weight is 338 g/mol. The number of carbonyl (C=O) groups excluding carboxylic acids is 2. The number of rotatable bonds is 4. The van der Waals surface area contributed by atoms with Gasteiger partial charge in [-0.1, -0.05) is 23.7 Å². The van der Waals surface area contributed by atoms with Crippen LogP contribution < -0.4 is 5.32 Å². The summed E-state index contributed by atoms with van der Waals surface area (Å²) in [5, 5.41) is 11.2. The summed E-state index contributed by atoms with van der Waals surface area (Å²) in [6, 6.07) is 7.06. The van der Waals surface area contributed by atoms with Crippen molar-refractivity contribution in [1.29, 1.82) is 0 Å². The zero-order valence-corrected chi connectivity index (χ0v) is 13.1. The lowest BCUT2D eigenvalue weighted by Crippen LogP contribution is -2.19. The molecule has 0 radical (unpaired) electrons. The number of benzene rings is 1. The van der Waals surface area contributed by atoms with E-state index < -0.39 is 11.9 Å². The van der Waals surface area contributed by atoms with Gasteiger partial charge in [-0.3, -0.25) is 10.1 Å². The van der Waals surface area contributed by atoms with Crippen LogP contribution >= 0.6 is 23.4 Å². The maximum absolute atomic E-state index is 11.6. The van der Waals surface area contributed by atoms with E-state index >= 15 is 0 Å². The number of ether oxygens (including phenoxy) is 1. The molecule has 0 atom stereocenters. The van der Waals surface area contributed by atoms with Crippen LogP contribution in [0, 0.1) is 0 Å². The molecule has 8 heteroatoms. The van der Waals surface area contributed by atoms with Gasteiger partial charge in [0.15, 0.2) is 5.17 Å². The molecule has 0 unspecified atom stereocenters. The third-order valence-electron chi connectivity index (χ3n) is 2.41. The molecule has 1 heterocycles. The molecule has 1 fully saturated rings. The van der Waals surface area contributed by atoms with Gasteiger partial charge in [0.2, 0.25) is 0 Å². The van der Waals surface area contributed by atoms with E-state index in [0.29, 0.717) is 10.2 Å². The monoisotopic (exact) mass is 337 g/mol. The van der Waals surface area contributed by atoms with Crippen molar-refractivity contribution in [3.8, 4) is 0 Å². The molecule has 1 N–H and O–H groups in total. The molecule has 1 aromatic rings. The highest BCUT2D eigenvalue weighted by molar-refractivity contribution is 8.18. The summed E-state index contributed by atoms with van der Waals surface area (Å²) in [6.07, 6.45) is 2.66. The predicted molar refractivity (Wildman–Crippen MR) is 86.9 cm³/mol. The lowest BCUT2D eigenvalue weighted by molar-refractivity contribution is -0.137. The van der Waals surface area contributed by atoms with E-state index in [4.69, 9.17) is 16.3 Å². The van der Waals surface area contributed by atoms with Gasteiger partial charge in [-0.15, -0.1) is 5.10 Å². The number of amides is 1. The normalized spacial score (nSPS) is 18.2. The molecule has 0 aliphatic carbocycles. The van der Waals surface area contributed by atoms with Gasteiger partial charge in [0.05, 0.1) is 17.7 Å². The van der Waals surface area contributed by atoms with Crippen LogP contribution in [0.4, 0.5) is 0 Å². The maximum atomic E-state index is 11.6. The molecule has 1 aromatic carbocycles. The standard InChI is InChI=1S/C14H12ClN3O3S/c1-2-21-12(19)7-11-13(20)17-14(22-11)18-16-8-9-3-5-10(15)6-4-9/h3-8H,2H2,1H3,(H,17,18,20)/b11-7+,16-8+. The third-order valence-corrected chi connectivity index (χ3v) is 3.56. The second-order valence-electron chi connectivity index (χ2n) is 4.02. The number of hydrogen-bond donors (Lipinski definition) is 1. The number of esters is 1. The van der Waals surface area contributed by atoms with Crippen molar-refractivity contribution in [2.24, 2.45) is 10.2 Å². The second-order valence-corrected chi connectivity index (χ2v) is 5.49. The van der Waals surface area contributed by atoms with Crippen molar-refractivity contribution in [3.05, 3.63) is 45.8 Å². The Bertz CT molecular complexity index is 668. The summed E-state index contributed by atoms with van der Waals surface area (Å²) >= 11 is 6.80. The topological polar surface area (TPSA) is 80.1 Å². The number of halogens is 1. The Labute approximate surface area is 136 Å². The number of nitrogens with one attached hydrogen (secondary N) is 1. The van der Waals surface area contributed by atoms with Gasteiger partial charge in [-0.2, -0.15) is 5.10 Å². The van der Waals surface area contributed by atoms with Gasteiger partial charge in [0.25, 0.3) is 5.91 Å². The minimum Gasteiger partial charge on any atom is -0.463 e. The van der Waals surface area contributed by atoms with E-state index in [1.165, 1.54) is 6.21 Å². The fraction of sp³-hybridized carbons (Fsp3) is 0.143. The molecule has 6 nitrogen and oxygen atoms in total. The Balaban J connectivity index is 2.00. The van der Waals surface area contributed by atoms with Gasteiger partial charge in [0.1, 0.15) is 0 Å². The molecule has 0 saturated carbocycles. The van der Waals surface area contributed by atoms with Crippen LogP contribution in [0.15, 0.2) is 45.4 Å². The van der Waals surface area contributed by atoms with Crippen molar-refractivity contribution in [3.63, 3.8) is 0 Å². The van der Waals surface area contributed by atoms with Crippen molar-refractivity contribution < 1.29 is 14.3 Å². The molecule has 0 spiro atoms. The van der Waals surface area contributed by atoms with Crippen molar-refractivity contribution in [1.82, 2.24) is 5.32 Å². The molecule has 2 rings (SSSR count). The summed E-state index contributed by atoms with van der Waals surface area (Å²) in [4.78, 5) is 23.2. The zero-order valence-electron chi connectivity index (χ0n) is 11.6. The molecular weight excluding hydrogens is 326 g/mol. The largest absolute Gasteiger partial charge is 0.463 e. The van der Waals surface area contributed by atoms with Gasteiger partial charge < -0.3 is 4.74 Å². The highest BCUT2D eigenvalue weighted by Crippen LogP contribution is 2.23. The van der Waals surface area contributed by atoms with Crippen LogP contribution in [0.2, 0.25) is 5.02 Å². The molecule has 1 aliphatic heterocycles. The summed E-state index contributed by atoms with van der Waals surface area (Å²) in [5.41, 5.74) is 0.824. The molecular formula is C14H12ClN3O3S. The minimum absolute atomic E-state index is 0.221. The van der Waals surface area contributed by atoms with Crippen molar-refractivity contribution >= 4 is 46.6 Å². The Morgan fingerprint density at radius 2 is 2.14 bits per heavy atom. The Kier molecular flexibility index (Phi) is 5.74. The number of amidine groups is 1. The Hall–Kier alpha value is -2.12. The third kappa shape index (κ3) is 4.71. The summed E-state index contributed by atoms with van der Waals surface area (Å²) in [5.74, 6) is -0.968. The Morgan fingerprint density at radius 1 is 1.41 bits per heavy atom. The molecule has 1 aliphatic rings. The number of hydrogen-bond acceptors (Lipinski definition) is 6. The predicted octanol–water partition coefficient (Wildman–Crippen LogP) is 2.34. The fourth-order valence-electron chi connectivity index (χ4n) is 1.46. The van der Waals surface area contributed by atoms with Crippen LogP contribution in [0.25, 0.3) is 0 Å². The lowest BCUT2D eigenvalue weighted by atomic mass is 10.2. The van der Waals surface area contributed by atoms with Gasteiger partial charge in [-0.25, -0.2) is 4.79 Å². The molecule has 0 aromatic heterocycles. The molecule has 0 bridgehead atoms. The number of nitrogens with zero attached hydrogens (tertiary/aromatic N) is 2. The first-order valence-electron chi connectivity index (χ1n) is 6.32. The van der Waals surface area contributed by atoms with Crippen LogP contribution in [0.5, 0.6) is 0 Å². The van der Waals surface area contributed by atoms with Crippen molar-refractivity contribution in [2.45, 2.75) is 6.92 Å². The van der Waals surface area contributed by atoms with Gasteiger partial charge >= 0.3 is 5.97 Å². The molecule has 1 amide bonds. The summed E-state index contributed by atoms with van der Waals surface area (Å²) in [6.45, 7) is 1.94. The first kappa shape index (κ1) is 16.3. The lowest BCUT2D eigenvalue weighted by Gasteiger charge is -1.95. The van der Waals surface area contributed by atoms with E-state index in [1.807, 2.05) is 0 Å². The van der Waals surface area contributed by atoms with E-state index in [2.05, 4.69) is 15.5 Å². The van der Waals surface area contributed by atoms with Crippen LogP contribution in [0.1, 0.15) is 12.5 Å². The zero-order chi connectivity index (χ0) is 15.9. The minimum atomic E-state index is -0.564. The summed E-state index contributed by atoms with van der Waals surface area (Å²) in [7, 11) is 0. The van der Waals surface area contributed by atoms with Crippen molar-refractivity contribution in [2.75, 3.05) is 6.61 Å². The van der Waals surface area contributed by atoms with E-state index in [9.17, 15) is 9.59 Å². The quantitative estimate of drug-likeness (QED) is 0.396. The number of thioether (sulfide) groups is 1. The van der Waals surface area contributed by atoms with Gasteiger partial charge in [-0.05, 0) is 36.4 Å². The second kappa shape index (κ2) is 7.77. The average Bonchev–Trinajstić information content (AvgIpc) is 2.81. The van der Waals surface area contributed by atoms with E-state index in [0.717, 1.165) is 23.4 Å². The SMILES string of the molecule is CCOC(=O)/C=C1/S/C(=N/N=C/c2ccc(Cl)cc2)NC1=O. The van der Waals surface area contributed by atoms with E-state index in [1.54, 1.807) is 31.2 Å². The summed E-state index contributed by atoms with van der Waals surface area (Å²) < 4.78 is 4.75. The first-order chi connectivity index (χ1) is 10.6. The Morgan fingerprint density at radius 3 is 2.82 bits per heavy atom. The molecule has 114 valence electrons. The maximum Gasteiger partial charge on any atom is 0.332 e. The van der Waals surface area contributed by atoms with Crippen LogP contribution in [0.3, 0.4) is 0 Å².